The fraction of sp³-hybridized carbons (Fsp3) is 0.667. The number of amides is 2. The maximum Gasteiger partial charge on any atom is 0.236 e. The molecule has 0 N–H and O–H groups in total. The van der Waals surface area contributed by atoms with Gasteiger partial charge in [0, 0.05) is 45.4 Å². The molecule has 1 spiro atoms. The van der Waals surface area contributed by atoms with Crippen molar-refractivity contribution in [3.63, 3.8) is 0 Å². The molecule has 0 aromatic heterocycles. The first-order valence-corrected chi connectivity index (χ1v) is 11.8. The Kier molecular flexibility index (Phi) is 6.89. The highest BCUT2D eigenvalue weighted by atomic mass is 35.5. The molecule has 2 saturated heterocycles. The second-order valence-corrected chi connectivity index (χ2v) is 10.2. The van der Waals surface area contributed by atoms with Crippen molar-refractivity contribution in [1.29, 1.82) is 0 Å². The van der Waals surface area contributed by atoms with E-state index >= 15 is 0 Å². The molecule has 7 heteroatoms. The van der Waals surface area contributed by atoms with Crippen LogP contribution in [0.15, 0.2) is 24.3 Å². The number of likely N-dealkylation sites (tertiary alicyclic amines) is 2. The zero-order valence-electron chi connectivity index (χ0n) is 18.7. The van der Waals surface area contributed by atoms with Gasteiger partial charge in [-0.2, -0.15) is 0 Å². The molecule has 2 heterocycles. The summed E-state index contributed by atoms with van der Waals surface area (Å²) < 4.78 is 6.32. The number of carbonyl (C=O) groups is 2. The lowest BCUT2D eigenvalue weighted by atomic mass is 9.72. The van der Waals surface area contributed by atoms with Gasteiger partial charge in [0.15, 0.2) is 0 Å². The van der Waals surface area contributed by atoms with Crippen molar-refractivity contribution in [3.05, 3.63) is 34.9 Å². The number of ether oxygens (including phenoxy) is 1. The Morgan fingerprint density at radius 1 is 1.32 bits per heavy atom. The van der Waals surface area contributed by atoms with Crippen LogP contribution >= 0.6 is 11.6 Å². The molecule has 170 valence electrons. The summed E-state index contributed by atoms with van der Waals surface area (Å²) in [5.74, 6) is 0.967. The molecule has 1 aliphatic carbocycles. The smallest absolute Gasteiger partial charge is 0.236 e. The highest BCUT2D eigenvalue weighted by Gasteiger charge is 2.50. The maximum absolute atomic E-state index is 13.8. The Balaban J connectivity index is 1.52. The maximum atomic E-state index is 13.8. The summed E-state index contributed by atoms with van der Waals surface area (Å²) in [6.07, 6.45) is 5.08. The van der Waals surface area contributed by atoms with E-state index in [0.717, 1.165) is 38.0 Å². The van der Waals surface area contributed by atoms with Crippen molar-refractivity contribution in [3.8, 4) is 0 Å². The Morgan fingerprint density at radius 3 is 2.84 bits per heavy atom. The van der Waals surface area contributed by atoms with Crippen molar-refractivity contribution in [2.75, 3.05) is 46.9 Å². The molecule has 31 heavy (non-hydrogen) atoms. The summed E-state index contributed by atoms with van der Waals surface area (Å²) in [5.41, 5.74) is 0.560. The third kappa shape index (κ3) is 5.60. The van der Waals surface area contributed by atoms with Crippen LogP contribution < -0.4 is 0 Å². The van der Waals surface area contributed by atoms with E-state index in [4.69, 9.17) is 16.3 Å². The van der Waals surface area contributed by atoms with Gasteiger partial charge in [0.1, 0.15) is 0 Å². The van der Waals surface area contributed by atoms with Gasteiger partial charge in [-0.3, -0.25) is 14.5 Å². The van der Waals surface area contributed by atoms with Crippen molar-refractivity contribution < 1.29 is 14.3 Å². The van der Waals surface area contributed by atoms with E-state index in [9.17, 15) is 9.59 Å². The fourth-order valence-electron chi connectivity index (χ4n) is 4.95. The molecule has 6 nitrogen and oxygen atoms in total. The molecule has 1 saturated carbocycles. The van der Waals surface area contributed by atoms with Gasteiger partial charge < -0.3 is 14.5 Å². The summed E-state index contributed by atoms with van der Waals surface area (Å²) in [6, 6.07) is 7.73. The fourth-order valence-corrected chi connectivity index (χ4v) is 5.16. The topological polar surface area (TPSA) is 53.1 Å². The van der Waals surface area contributed by atoms with Crippen LogP contribution in [0, 0.1) is 11.3 Å². The number of likely N-dealkylation sites (N-methyl/N-ethyl adjacent to an activating group) is 1. The lowest BCUT2D eigenvalue weighted by molar-refractivity contribution is -0.162. The number of rotatable bonds is 7. The Hall–Kier alpha value is -1.63. The van der Waals surface area contributed by atoms with E-state index < -0.39 is 5.41 Å². The molecule has 3 aliphatic rings. The molecule has 4 rings (SSSR count). The van der Waals surface area contributed by atoms with Crippen LogP contribution in [0.3, 0.4) is 0 Å². The van der Waals surface area contributed by atoms with E-state index in [0.29, 0.717) is 37.1 Å². The summed E-state index contributed by atoms with van der Waals surface area (Å²) in [7, 11) is 3.56. The van der Waals surface area contributed by atoms with E-state index in [1.165, 1.54) is 12.8 Å². The summed E-state index contributed by atoms with van der Waals surface area (Å²) in [5, 5.41) is 0.684. The van der Waals surface area contributed by atoms with Crippen LogP contribution in [0.4, 0.5) is 0 Å². The van der Waals surface area contributed by atoms with Gasteiger partial charge in [0.2, 0.25) is 11.8 Å². The van der Waals surface area contributed by atoms with Gasteiger partial charge in [-0.1, -0.05) is 23.7 Å². The first-order valence-electron chi connectivity index (χ1n) is 11.4. The largest absolute Gasteiger partial charge is 0.376 e. The molecule has 0 radical (unpaired) electrons. The average Bonchev–Trinajstić information content (AvgIpc) is 3.55. The minimum Gasteiger partial charge on any atom is -0.376 e. The van der Waals surface area contributed by atoms with Crippen LogP contribution in [-0.4, -0.2) is 79.5 Å². The third-order valence-corrected chi connectivity index (χ3v) is 7.06. The molecule has 0 unspecified atom stereocenters. The molecule has 2 atom stereocenters. The molecule has 1 aromatic rings. The summed E-state index contributed by atoms with van der Waals surface area (Å²) in [4.78, 5) is 31.8. The normalized spacial score (nSPS) is 27.0. The first-order chi connectivity index (χ1) is 14.8. The van der Waals surface area contributed by atoms with Crippen molar-refractivity contribution >= 4 is 23.4 Å². The Morgan fingerprint density at radius 2 is 2.13 bits per heavy atom. The van der Waals surface area contributed by atoms with Gasteiger partial charge in [-0.25, -0.2) is 0 Å². The molecule has 3 fully saturated rings. The molecule has 2 aliphatic heterocycles. The van der Waals surface area contributed by atoms with E-state index in [2.05, 4.69) is 4.90 Å². The van der Waals surface area contributed by atoms with Gasteiger partial charge >= 0.3 is 0 Å². The van der Waals surface area contributed by atoms with Crippen LogP contribution in [0.5, 0.6) is 0 Å². The van der Waals surface area contributed by atoms with E-state index in [-0.39, 0.29) is 17.9 Å². The van der Waals surface area contributed by atoms with Gasteiger partial charge in [-0.15, -0.1) is 0 Å². The molecular formula is C24H34ClN3O3. The van der Waals surface area contributed by atoms with Crippen LogP contribution in [0.1, 0.15) is 37.7 Å². The minimum atomic E-state index is -0.476. The first kappa shape index (κ1) is 22.6. The third-order valence-electron chi connectivity index (χ3n) is 6.82. The average molecular weight is 448 g/mol. The number of piperidine rings is 2. The number of hydrogen-bond acceptors (Lipinski definition) is 4. The van der Waals surface area contributed by atoms with Crippen LogP contribution in [-0.2, 0) is 20.9 Å². The van der Waals surface area contributed by atoms with Gasteiger partial charge in [0.25, 0.3) is 0 Å². The highest BCUT2D eigenvalue weighted by molar-refractivity contribution is 6.30. The lowest BCUT2D eigenvalue weighted by Gasteiger charge is -2.49. The molecule has 2 amide bonds. The SMILES string of the molecule is CN(C)C(=O)CN1CCC[C@]2(C[C@H](OCC3CC3)CN(Cc3cccc(Cl)c3)C2=O)C1. The Bertz CT molecular complexity index is 813. The van der Waals surface area contributed by atoms with Crippen molar-refractivity contribution in [1.82, 2.24) is 14.7 Å². The predicted octanol–water partition coefficient (Wildman–Crippen LogP) is 3.04. The molecular weight excluding hydrogens is 414 g/mol. The van der Waals surface area contributed by atoms with Crippen molar-refractivity contribution in [2.45, 2.75) is 44.8 Å². The number of halogens is 1. The quantitative estimate of drug-likeness (QED) is 0.644. The van der Waals surface area contributed by atoms with Gasteiger partial charge in [-0.05, 0) is 62.3 Å². The number of nitrogens with zero attached hydrogens (tertiary/aromatic N) is 3. The molecule has 1 aromatic carbocycles. The number of hydrogen-bond donors (Lipinski definition) is 0. The van der Waals surface area contributed by atoms with Gasteiger partial charge in [0.05, 0.1) is 18.1 Å². The number of benzene rings is 1. The summed E-state index contributed by atoms with van der Waals surface area (Å²) >= 11 is 6.18. The minimum absolute atomic E-state index is 0.0435. The number of carbonyl (C=O) groups excluding carboxylic acids is 2. The van der Waals surface area contributed by atoms with E-state index in [1.54, 1.807) is 19.0 Å². The molecule has 0 bridgehead atoms. The second-order valence-electron chi connectivity index (χ2n) is 9.80. The highest BCUT2D eigenvalue weighted by Crippen LogP contribution is 2.41. The zero-order valence-corrected chi connectivity index (χ0v) is 19.4. The summed E-state index contributed by atoms with van der Waals surface area (Å²) in [6.45, 7) is 3.81. The van der Waals surface area contributed by atoms with Crippen LogP contribution in [0.25, 0.3) is 0 Å². The standard InChI is InChI=1S/C24H34ClN3O3/c1-26(2)22(29)15-27-10-4-9-24(17-27)12-21(31-16-18-7-8-18)14-28(23(24)30)13-19-5-3-6-20(25)11-19/h3,5-6,11,18,21H,4,7-10,12-17H2,1-2H3/t21-,24-/m0/s1. The Labute approximate surface area is 190 Å². The monoisotopic (exact) mass is 447 g/mol. The van der Waals surface area contributed by atoms with Crippen LogP contribution in [0.2, 0.25) is 5.02 Å². The zero-order chi connectivity index (χ0) is 22.0. The predicted molar refractivity (Wildman–Crippen MR) is 121 cm³/mol. The second kappa shape index (κ2) is 9.47. The van der Waals surface area contributed by atoms with E-state index in [1.807, 2.05) is 29.2 Å². The van der Waals surface area contributed by atoms with Crippen molar-refractivity contribution in [2.24, 2.45) is 11.3 Å². The lowest BCUT2D eigenvalue weighted by Crippen LogP contribution is -2.60.